The summed E-state index contributed by atoms with van der Waals surface area (Å²) in [5.41, 5.74) is 1.46. The van der Waals surface area contributed by atoms with Crippen LogP contribution < -0.4 is 20.1 Å². The normalized spacial score (nSPS) is 9.87. The number of nitrogens with one attached hydrogen (secondary N) is 2. The monoisotopic (exact) mass is 314 g/mol. The Morgan fingerprint density at radius 3 is 2.39 bits per heavy atom. The van der Waals surface area contributed by atoms with Gasteiger partial charge in [0.15, 0.2) is 0 Å². The molecule has 2 amide bonds. The van der Waals surface area contributed by atoms with Crippen molar-refractivity contribution >= 4 is 23.2 Å². The minimum Gasteiger partial charge on any atom is -0.497 e. The smallest absolute Gasteiger partial charge is 0.255 e. The lowest BCUT2D eigenvalue weighted by molar-refractivity contribution is -0.114. The third-order valence-electron chi connectivity index (χ3n) is 3.10. The second-order valence-corrected chi connectivity index (χ2v) is 4.78. The van der Waals surface area contributed by atoms with E-state index < -0.39 is 0 Å². The molecule has 0 heterocycles. The van der Waals surface area contributed by atoms with Crippen LogP contribution in [0.4, 0.5) is 11.4 Å². The maximum atomic E-state index is 12.3. The Bertz CT molecular complexity index is 728. The Morgan fingerprint density at radius 1 is 0.957 bits per heavy atom. The first-order valence-electron chi connectivity index (χ1n) is 6.94. The zero-order valence-electron chi connectivity index (χ0n) is 13.2. The summed E-state index contributed by atoms with van der Waals surface area (Å²) < 4.78 is 10.3. The second-order valence-electron chi connectivity index (χ2n) is 4.78. The highest BCUT2D eigenvalue weighted by Crippen LogP contribution is 2.26. The first kappa shape index (κ1) is 16.4. The second kappa shape index (κ2) is 7.31. The summed E-state index contributed by atoms with van der Waals surface area (Å²) in [5, 5.41) is 5.42. The van der Waals surface area contributed by atoms with Crippen molar-refractivity contribution < 1.29 is 19.1 Å². The molecule has 0 saturated carbocycles. The highest BCUT2D eigenvalue weighted by molar-refractivity contribution is 6.05. The van der Waals surface area contributed by atoms with E-state index in [1.807, 2.05) is 0 Å². The lowest BCUT2D eigenvalue weighted by Crippen LogP contribution is -2.13. The van der Waals surface area contributed by atoms with Gasteiger partial charge in [-0.25, -0.2) is 0 Å². The first-order chi connectivity index (χ1) is 11.0. The molecule has 0 aliphatic rings. The SMILES string of the molecule is COc1cccc(NC(=O)c2ccc(OC)c(NC(C)=O)c2)c1. The molecule has 0 spiro atoms. The summed E-state index contributed by atoms with van der Waals surface area (Å²) in [5.74, 6) is 0.593. The average molecular weight is 314 g/mol. The lowest BCUT2D eigenvalue weighted by Gasteiger charge is -2.11. The first-order valence-corrected chi connectivity index (χ1v) is 6.94. The zero-order valence-corrected chi connectivity index (χ0v) is 13.2. The van der Waals surface area contributed by atoms with Gasteiger partial charge in [0.2, 0.25) is 5.91 Å². The highest BCUT2D eigenvalue weighted by atomic mass is 16.5. The van der Waals surface area contributed by atoms with Crippen molar-refractivity contribution in [2.75, 3.05) is 24.9 Å². The van der Waals surface area contributed by atoms with Crippen molar-refractivity contribution in [3.05, 3.63) is 48.0 Å². The molecule has 0 radical (unpaired) electrons. The van der Waals surface area contributed by atoms with E-state index in [4.69, 9.17) is 9.47 Å². The van der Waals surface area contributed by atoms with Gasteiger partial charge in [0.1, 0.15) is 11.5 Å². The van der Waals surface area contributed by atoms with Gasteiger partial charge in [0.05, 0.1) is 19.9 Å². The van der Waals surface area contributed by atoms with Crippen molar-refractivity contribution in [3.63, 3.8) is 0 Å². The summed E-state index contributed by atoms with van der Waals surface area (Å²) in [6.45, 7) is 1.39. The molecule has 23 heavy (non-hydrogen) atoms. The molecule has 0 saturated heterocycles. The van der Waals surface area contributed by atoms with Crippen LogP contribution in [0.3, 0.4) is 0 Å². The molecule has 0 aliphatic heterocycles. The van der Waals surface area contributed by atoms with Crippen LogP contribution in [0.2, 0.25) is 0 Å². The minimum absolute atomic E-state index is 0.242. The van der Waals surface area contributed by atoms with Crippen LogP contribution in [-0.2, 0) is 4.79 Å². The molecule has 0 aliphatic carbocycles. The lowest BCUT2D eigenvalue weighted by atomic mass is 10.1. The third-order valence-corrected chi connectivity index (χ3v) is 3.10. The summed E-state index contributed by atoms with van der Waals surface area (Å²) >= 11 is 0. The molecule has 2 aromatic rings. The number of ether oxygens (including phenoxy) is 2. The van der Waals surface area contributed by atoms with E-state index in [-0.39, 0.29) is 11.8 Å². The van der Waals surface area contributed by atoms with E-state index in [2.05, 4.69) is 10.6 Å². The average Bonchev–Trinajstić information content (AvgIpc) is 2.54. The Morgan fingerprint density at radius 2 is 1.74 bits per heavy atom. The van der Waals surface area contributed by atoms with Gasteiger partial charge >= 0.3 is 0 Å². The molecular formula is C17H18N2O4. The fourth-order valence-corrected chi connectivity index (χ4v) is 2.04. The predicted octanol–water partition coefficient (Wildman–Crippen LogP) is 2.91. The van der Waals surface area contributed by atoms with Crippen LogP contribution >= 0.6 is 0 Å². The minimum atomic E-state index is -0.299. The van der Waals surface area contributed by atoms with Gasteiger partial charge in [-0.2, -0.15) is 0 Å². The van der Waals surface area contributed by atoms with Crippen molar-refractivity contribution in [2.45, 2.75) is 6.92 Å². The molecule has 2 N–H and O–H groups in total. The van der Waals surface area contributed by atoms with E-state index in [1.54, 1.807) is 49.6 Å². The molecular weight excluding hydrogens is 296 g/mol. The summed E-state index contributed by atoms with van der Waals surface area (Å²) in [6.07, 6.45) is 0. The molecule has 6 heteroatoms. The molecule has 0 aromatic heterocycles. The molecule has 0 atom stereocenters. The topological polar surface area (TPSA) is 76.7 Å². The molecule has 0 bridgehead atoms. The molecule has 0 unspecified atom stereocenters. The quantitative estimate of drug-likeness (QED) is 0.889. The number of carbonyl (C=O) groups excluding carboxylic acids is 2. The van der Waals surface area contributed by atoms with E-state index >= 15 is 0 Å². The fourth-order valence-electron chi connectivity index (χ4n) is 2.04. The number of hydrogen-bond acceptors (Lipinski definition) is 4. The molecule has 6 nitrogen and oxygen atoms in total. The number of hydrogen-bond donors (Lipinski definition) is 2. The Hall–Kier alpha value is -3.02. The van der Waals surface area contributed by atoms with Crippen molar-refractivity contribution in [3.8, 4) is 11.5 Å². The third kappa shape index (κ3) is 4.23. The number of carbonyl (C=O) groups is 2. The maximum absolute atomic E-state index is 12.3. The van der Waals surface area contributed by atoms with E-state index in [1.165, 1.54) is 14.0 Å². The van der Waals surface area contributed by atoms with E-state index in [0.29, 0.717) is 28.4 Å². The number of benzene rings is 2. The van der Waals surface area contributed by atoms with Crippen LogP contribution in [0.1, 0.15) is 17.3 Å². The van der Waals surface area contributed by atoms with Crippen LogP contribution in [0.25, 0.3) is 0 Å². The van der Waals surface area contributed by atoms with Crippen LogP contribution in [0, 0.1) is 0 Å². The summed E-state index contributed by atoms with van der Waals surface area (Å²) in [6, 6.07) is 11.9. The molecule has 2 aromatic carbocycles. The Labute approximate surface area is 134 Å². The standard InChI is InChI=1S/C17H18N2O4/c1-11(20)18-15-9-12(7-8-16(15)23-3)17(21)19-13-5-4-6-14(10-13)22-2/h4-10H,1-3H3,(H,18,20)(H,19,21). The Balaban J connectivity index is 2.23. The van der Waals surface area contributed by atoms with Gasteiger partial charge in [-0.15, -0.1) is 0 Å². The van der Waals surface area contributed by atoms with Gasteiger partial charge in [-0.3, -0.25) is 9.59 Å². The fraction of sp³-hybridized carbons (Fsp3) is 0.176. The van der Waals surface area contributed by atoms with Gasteiger partial charge in [-0.1, -0.05) is 6.07 Å². The number of rotatable bonds is 5. The molecule has 120 valence electrons. The number of anilines is 2. The number of amides is 2. The highest BCUT2D eigenvalue weighted by Gasteiger charge is 2.11. The number of methoxy groups -OCH3 is 2. The molecule has 2 rings (SSSR count). The largest absolute Gasteiger partial charge is 0.497 e. The van der Waals surface area contributed by atoms with Gasteiger partial charge < -0.3 is 20.1 Å². The van der Waals surface area contributed by atoms with Crippen LogP contribution in [0.15, 0.2) is 42.5 Å². The van der Waals surface area contributed by atoms with Gasteiger partial charge in [0.25, 0.3) is 5.91 Å². The van der Waals surface area contributed by atoms with E-state index in [9.17, 15) is 9.59 Å². The molecule has 0 fully saturated rings. The van der Waals surface area contributed by atoms with Crippen molar-refractivity contribution in [1.82, 2.24) is 0 Å². The van der Waals surface area contributed by atoms with Gasteiger partial charge in [-0.05, 0) is 30.3 Å². The summed E-state index contributed by atoms with van der Waals surface area (Å²) in [4.78, 5) is 23.6. The van der Waals surface area contributed by atoms with Crippen LogP contribution in [0.5, 0.6) is 11.5 Å². The Kier molecular flexibility index (Phi) is 5.19. The van der Waals surface area contributed by atoms with Crippen molar-refractivity contribution in [1.29, 1.82) is 0 Å². The van der Waals surface area contributed by atoms with E-state index in [0.717, 1.165) is 0 Å². The van der Waals surface area contributed by atoms with Gasteiger partial charge in [0, 0.05) is 24.2 Å². The summed E-state index contributed by atoms with van der Waals surface area (Å²) in [7, 11) is 3.06. The van der Waals surface area contributed by atoms with Crippen LogP contribution in [-0.4, -0.2) is 26.0 Å². The predicted molar refractivity (Wildman–Crippen MR) is 88.2 cm³/mol. The van der Waals surface area contributed by atoms with Crippen molar-refractivity contribution in [2.24, 2.45) is 0 Å². The maximum Gasteiger partial charge on any atom is 0.255 e. The zero-order chi connectivity index (χ0) is 16.8.